The van der Waals surface area contributed by atoms with E-state index < -0.39 is 24.4 Å². The summed E-state index contributed by atoms with van der Waals surface area (Å²) in [6, 6.07) is 5.29. The molecule has 166 valence electrons. The second-order valence-corrected chi connectivity index (χ2v) is 8.17. The zero-order valence-corrected chi connectivity index (χ0v) is 17.7. The lowest BCUT2D eigenvalue weighted by atomic mass is 9.94. The Hall–Kier alpha value is -1.68. The maximum absolute atomic E-state index is 10.0. The maximum atomic E-state index is 10.0. The highest BCUT2D eigenvalue weighted by atomic mass is 35.5. The third-order valence-electron chi connectivity index (χ3n) is 5.64. The van der Waals surface area contributed by atoms with Gasteiger partial charge in [-0.1, -0.05) is 24.4 Å². The Balaban J connectivity index is 1.34. The van der Waals surface area contributed by atoms with Crippen molar-refractivity contribution in [2.24, 2.45) is 0 Å². The second kappa shape index (κ2) is 11.1. The molecular weight excluding hydrogens is 408 g/mol. The van der Waals surface area contributed by atoms with E-state index in [0.29, 0.717) is 11.6 Å². The fourth-order valence-corrected chi connectivity index (χ4v) is 4.13. The van der Waals surface area contributed by atoms with E-state index in [2.05, 4.69) is 15.3 Å². The molecule has 2 aromatic rings. The number of aromatic nitrogens is 2. The smallest absolute Gasteiger partial charge is 0.137 e. The number of anilines is 1. The predicted molar refractivity (Wildman–Crippen MR) is 116 cm³/mol. The van der Waals surface area contributed by atoms with E-state index in [-0.39, 0.29) is 13.2 Å². The van der Waals surface area contributed by atoms with Crippen LogP contribution in [0.5, 0.6) is 0 Å². The molecule has 1 aromatic carbocycles. The minimum atomic E-state index is -1.20. The van der Waals surface area contributed by atoms with Crippen molar-refractivity contribution in [1.29, 1.82) is 0 Å². The molecule has 0 amide bonds. The van der Waals surface area contributed by atoms with Crippen LogP contribution in [0.4, 0.5) is 5.69 Å². The molecular formula is C21H31ClN4O4. The molecule has 9 heteroatoms. The van der Waals surface area contributed by atoms with Gasteiger partial charge in [-0.2, -0.15) is 0 Å². The van der Waals surface area contributed by atoms with Gasteiger partial charge >= 0.3 is 0 Å². The third-order valence-corrected chi connectivity index (χ3v) is 5.96. The van der Waals surface area contributed by atoms with Gasteiger partial charge in [0.1, 0.15) is 18.0 Å². The molecule has 0 spiro atoms. The number of aromatic amines is 1. The van der Waals surface area contributed by atoms with Crippen LogP contribution in [0, 0.1) is 0 Å². The van der Waals surface area contributed by atoms with E-state index in [0.717, 1.165) is 49.3 Å². The van der Waals surface area contributed by atoms with E-state index in [4.69, 9.17) is 11.6 Å². The Morgan fingerprint density at radius 2 is 1.93 bits per heavy atom. The average molecular weight is 439 g/mol. The van der Waals surface area contributed by atoms with Crippen LogP contribution in [0.1, 0.15) is 25.7 Å². The van der Waals surface area contributed by atoms with E-state index in [1.807, 2.05) is 23.1 Å². The van der Waals surface area contributed by atoms with E-state index >= 15 is 0 Å². The number of likely N-dealkylation sites (tertiary alicyclic amines) is 1. The van der Waals surface area contributed by atoms with Gasteiger partial charge in [0.2, 0.25) is 0 Å². The van der Waals surface area contributed by atoms with Gasteiger partial charge in [-0.15, -0.1) is 0 Å². The summed E-state index contributed by atoms with van der Waals surface area (Å²) in [4.78, 5) is 9.15. The molecule has 1 saturated heterocycles. The SMILES string of the molecule is OC[C@@H]1[C@@H](O)[C@H](O)[C@@H](O)CN1CCCCCCNc1ccc(-c2ncc[nH]2)cc1Cl. The molecule has 4 atom stereocenters. The molecule has 0 saturated carbocycles. The number of nitrogens with zero attached hydrogens (tertiary/aromatic N) is 2. The molecule has 30 heavy (non-hydrogen) atoms. The van der Waals surface area contributed by atoms with Crippen molar-refractivity contribution in [2.45, 2.75) is 50.0 Å². The predicted octanol–water partition coefficient (Wildman–Crippen LogP) is 1.46. The maximum Gasteiger partial charge on any atom is 0.137 e. The number of unbranched alkanes of at least 4 members (excludes halogenated alkanes) is 3. The Labute approximate surface area is 181 Å². The van der Waals surface area contributed by atoms with Gasteiger partial charge < -0.3 is 30.7 Å². The van der Waals surface area contributed by atoms with Crippen LogP contribution < -0.4 is 5.32 Å². The summed E-state index contributed by atoms with van der Waals surface area (Å²) < 4.78 is 0. The summed E-state index contributed by atoms with van der Waals surface area (Å²) in [6.45, 7) is 1.50. The van der Waals surface area contributed by atoms with Gasteiger partial charge in [-0.25, -0.2) is 4.98 Å². The summed E-state index contributed by atoms with van der Waals surface area (Å²) >= 11 is 6.37. The Bertz CT molecular complexity index is 776. The number of hydrogen-bond acceptors (Lipinski definition) is 7. The average Bonchev–Trinajstić information content (AvgIpc) is 3.27. The van der Waals surface area contributed by atoms with Gasteiger partial charge in [0.15, 0.2) is 0 Å². The van der Waals surface area contributed by atoms with Gasteiger partial charge in [0.05, 0.1) is 29.5 Å². The number of halogens is 1. The van der Waals surface area contributed by atoms with Crippen molar-refractivity contribution in [1.82, 2.24) is 14.9 Å². The molecule has 0 radical (unpaired) electrons. The van der Waals surface area contributed by atoms with Crippen LogP contribution in [0.2, 0.25) is 5.02 Å². The third kappa shape index (κ3) is 5.72. The quantitative estimate of drug-likeness (QED) is 0.310. The summed E-state index contributed by atoms with van der Waals surface area (Å²) in [5.41, 5.74) is 1.84. The van der Waals surface area contributed by atoms with Crippen LogP contribution in [0.25, 0.3) is 11.4 Å². The highest BCUT2D eigenvalue weighted by Crippen LogP contribution is 2.27. The minimum Gasteiger partial charge on any atom is -0.395 e. The molecule has 0 bridgehead atoms. The monoisotopic (exact) mass is 438 g/mol. The van der Waals surface area contributed by atoms with Crippen molar-refractivity contribution in [3.05, 3.63) is 35.6 Å². The summed E-state index contributed by atoms with van der Waals surface area (Å²) in [7, 11) is 0. The van der Waals surface area contributed by atoms with Crippen molar-refractivity contribution < 1.29 is 20.4 Å². The molecule has 1 aliphatic heterocycles. The van der Waals surface area contributed by atoms with Crippen molar-refractivity contribution >= 4 is 17.3 Å². The van der Waals surface area contributed by atoms with Crippen LogP contribution in [-0.4, -0.2) is 85.9 Å². The van der Waals surface area contributed by atoms with E-state index in [1.165, 1.54) is 0 Å². The van der Waals surface area contributed by atoms with Crippen LogP contribution >= 0.6 is 11.6 Å². The second-order valence-electron chi connectivity index (χ2n) is 7.77. The van der Waals surface area contributed by atoms with Crippen LogP contribution in [0.15, 0.2) is 30.6 Å². The zero-order valence-electron chi connectivity index (χ0n) is 16.9. The highest BCUT2D eigenvalue weighted by Gasteiger charge is 2.40. The van der Waals surface area contributed by atoms with Crippen molar-refractivity contribution in [2.75, 3.05) is 31.6 Å². The standard InChI is InChI=1S/C21H31ClN4O4/c22-15-11-14(21-24-8-9-25-21)5-6-16(15)23-7-3-1-2-4-10-26-12-18(28)20(30)19(29)17(26)13-27/h5-6,8-9,11,17-20,23,27-30H,1-4,7,10,12-13H2,(H,24,25)/t17-,18+,19-,20-/m1/s1. The molecule has 0 aliphatic carbocycles. The number of aliphatic hydroxyl groups excluding tert-OH is 4. The summed E-state index contributed by atoms with van der Waals surface area (Å²) in [5.74, 6) is 0.787. The number of aliphatic hydroxyl groups is 4. The Kier molecular flexibility index (Phi) is 8.50. The number of nitrogens with one attached hydrogen (secondary N) is 2. The molecule has 8 nitrogen and oxygen atoms in total. The van der Waals surface area contributed by atoms with E-state index in [1.54, 1.807) is 12.4 Å². The molecule has 2 heterocycles. The zero-order chi connectivity index (χ0) is 21.5. The molecule has 0 unspecified atom stereocenters. The van der Waals surface area contributed by atoms with Crippen LogP contribution in [0.3, 0.4) is 0 Å². The molecule has 1 aromatic heterocycles. The largest absolute Gasteiger partial charge is 0.395 e. The summed E-state index contributed by atoms with van der Waals surface area (Å²) in [6.07, 6.45) is 4.06. The number of β-amino-alcohol motifs (C(OH)–C–C–N with tert-alkyl or cyclic N) is 1. The Morgan fingerprint density at radius 3 is 2.63 bits per heavy atom. The van der Waals surface area contributed by atoms with Crippen molar-refractivity contribution in [3.8, 4) is 11.4 Å². The Morgan fingerprint density at radius 1 is 1.13 bits per heavy atom. The fraction of sp³-hybridized carbons (Fsp3) is 0.571. The van der Waals surface area contributed by atoms with Gasteiger partial charge in [-0.05, 0) is 37.6 Å². The minimum absolute atomic E-state index is 0.242. The first-order chi connectivity index (χ1) is 14.5. The first-order valence-electron chi connectivity index (χ1n) is 10.4. The number of rotatable bonds is 10. The lowest BCUT2D eigenvalue weighted by Crippen LogP contribution is -2.62. The molecule has 3 rings (SSSR count). The first-order valence-corrected chi connectivity index (χ1v) is 10.8. The fourth-order valence-electron chi connectivity index (χ4n) is 3.88. The molecule has 1 aliphatic rings. The number of hydrogen-bond donors (Lipinski definition) is 6. The van der Waals surface area contributed by atoms with Gasteiger partial charge in [0.25, 0.3) is 0 Å². The topological polar surface area (TPSA) is 125 Å². The number of H-pyrrole nitrogens is 1. The number of piperidine rings is 1. The lowest BCUT2D eigenvalue weighted by Gasteiger charge is -2.43. The molecule has 1 fully saturated rings. The van der Waals surface area contributed by atoms with Crippen LogP contribution in [-0.2, 0) is 0 Å². The first kappa shape index (κ1) is 23.0. The van der Waals surface area contributed by atoms with E-state index in [9.17, 15) is 20.4 Å². The van der Waals surface area contributed by atoms with Crippen molar-refractivity contribution in [3.63, 3.8) is 0 Å². The normalized spacial score (nSPS) is 24.8. The van der Waals surface area contributed by atoms with Gasteiger partial charge in [-0.3, -0.25) is 4.90 Å². The highest BCUT2D eigenvalue weighted by molar-refractivity contribution is 6.33. The van der Waals surface area contributed by atoms with Gasteiger partial charge in [0, 0.05) is 31.0 Å². The summed E-state index contributed by atoms with van der Waals surface area (Å²) in [5, 5.41) is 43.1. The number of imidazole rings is 1. The number of benzene rings is 1. The lowest BCUT2D eigenvalue weighted by molar-refractivity contribution is -0.145. The molecule has 6 N–H and O–H groups in total.